The van der Waals surface area contributed by atoms with Gasteiger partial charge in [-0.25, -0.2) is 0 Å². The van der Waals surface area contributed by atoms with Crippen LogP contribution in [-0.2, 0) is 13.6 Å². The molecule has 0 unspecified atom stereocenters. The summed E-state index contributed by atoms with van der Waals surface area (Å²) in [5, 5.41) is 1.54. The van der Waals surface area contributed by atoms with Crippen LogP contribution in [0.3, 0.4) is 0 Å². The molecule has 0 atom stereocenters. The molecule has 23 heavy (non-hydrogen) atoms. The summed E-state index contributed by atoms with van der Waals surface area (Å²) in [5.41, 5.74) is 8.73. The fourth-order valence-electron chi connectivity index (χ4n) is 2.84. The van der Waals surface area contributed by atoms with Crippen LogP contribution >= 0.6 is 0 Å². The number of hydrogen-bond acceptors (Lipinski definition) is 3. The lowest BCUT2D eigenvalue weighted by atomic mass is 9.96. The highest BCUT2D eigenvalue weighted by Crippen LogP contribution is 2.32. The van der Waals surface area contributed by atoms with E-state index in [9.17, 15) is 4.79 Å². The number of ether oxygens (including phenoxy) is 1. The van der Waals surface area contributed by atoms with Crippen LogP contribution in [-0.4, -0.2) is 11.7 Å². The van der Waals surface area contributed by atoms with Crippen molar-refractivity contribution in [2.75, 3.05) is 7.11 Å². The Balaban J connectivity index is 0.00000192. The third-order valence-corrected chi connectivity index (χ3v) is 3.98. The Hall–Kier alpha value is -2.59. The van der Waals surface area contributed by atoms with E-state index in [0.717, 1.165) is 28.0 Å². The molecule has 3 aromatic rings. The molecule has 0 fully saturated rings. The number of methoxy groups -OCH3 is 1. The van der Waals surface area contributed by atoms with Crippen molar-refractivity contribution < 1.29 is 4.74 Å². The monoisotopic (exact) mass is 310 g/mol. The second-order valence-corrected chi connectivity index (χ2v) is 5.17. The van der Waals surface area contributed by atoms with Gasteiger partial charge < -0.3 is 15.0 Å². The van der Waals surface area contributed by atoms with Crippen molar-refractivity contribution in [3.63, 3.8) is 0 Å². The number of fused-ring (bicyclic) bond motifs is 1. The molecule has 4 heteroatoms. The molecule has 2 N–H and O–H groups in total. The van der Waals surface area contributed by atoms with Gasteiger partial charge in [0.2, 0.25) is 0 Å². The van der Waals surface area contributed by atoms with Gasteiger partial charge in [-0.1, -0.05) is 37.8 Å². The summed E-state index contributed by atoms with van der Waals surface area (Å²) in [6.45, 7) is 0.295. The number of hydrogen-bond donors (Lipinski definition) is 1. The first kappa shape index (κ1) is 16.8. The summed E-state index contributed by atoms with van der Waals surface area (Å²) in [6.07, 6.45) is 0. The Kier molecular flexibility index (Phi) is 4.86. The molecule has 4 nitrogen and oxygen atoms in total. The van der Waals surface area contributed by atoms with Gasteiger partial charge in [0.15, 0.2) is 0 Å². The SMILES string of the molecule is C.COc1ccc2c(=O)n(C)c(CN)c(-c3ccccc3)c2c1. The summed E-state index contributed by atoms with van der Waals surface area (Å²) >= 11 is 0. The Morgan fingerprint density at radius 1 is 1.09 bits per heavy atom. The third kappa shape index (κ3) is 2.73. The third-order valence-electron chi connectivity index (χ3n) is 3.98. The number of pyridine rings is 1. The molecule has 3 rings (SSSR count). The maximum atomic E-state index is 12.6. The van der Waals surface area contributed by atoms with E-state index in [1.54, 1.807) is 24.8 Å². The van der Waals surface area contributed by atoms with Gasteiger partial charge in [-0.3, -0.25) is 4.79 Å². The van der Waals surface area contributed by atoms with Crippen LogP contribution < -0.4 is 16.0 Å². The van der Waals surface area contributed by atoms with E-state index < -0.39 is 0 Å². The zero-order valence-electron chi connectivity index (χ0n) is 12.7. The minimum atomic E-state index is -0.0437. The second-order valence-electron chi connectivity index (χ2n) is 5.17. The first-order chi connectivity index (χ1) is 10.7. The van der Waals surface area contributed by atoms with E-state index in [2.05, 4.69) is 0 Å². The standard InChI is InChI=1S/C18H18N2O2.CH4/c1-20-16(11-19)17(12-6-4-3-5-7-12)15-10-13(22-2)8-9-14(15)18(20)21;/h3-10H,11,19H2,1-2H3;1H4. The highest BCUT2D eigenvalue weighted by molar-refractivity contribution is 5.98. The van der Waals surface area contributed by atoms with E-state index in [1.807, 2.05) is 42.5 Å². The van der Waals surface area contributed by atoms with Gasteiger partial charge in [-0.2, -0.15) is 0 Å². The molecule has 0 aliphatic rings. The summed E-state index contributed by atoms with van der Waals surface area (Å²) < 4.78 is 6.95. The lowest BCUT2D eigenvalue weighted by molar-refractivity contribution is 0.415. The van der Waals surface area contributed by atoms with Gasteiger partial charge in [0.25, 0.3) is 5.56 Å². The first-order valence-electron chi connectivity index (χ1n) is 7.12. The van der Waals surface area contributed by atoms with Crippen molar-refractivity contribution in [2.45, 2.75) is 14.0 Å². The Morgan fingerprint density at radius 3 is 2.39 bits per heavy atom. The van der Waals surface area contributed by atoms with E-state index in [1.165, 1.54) is 0 Å². The van der Waals surface area contributed by atoms with Crippen molar-refractivity contribution in [2.24, 2.45) is 12.8 Å². The average Bonchev–Trinajstić information content (AvgIpc) is 2.58. The summed E-state index contributed by atoms with van der Waals surface area (Å²) in [5.74, 6) is 0.723. The van der Waals surface area contributed by atoms with Crippen molar-refractivity contribution in [3.8, 4) is 16.9 Å². The smallest absolute Gasteiger partial charge is 0.258 e. The van der Waals surface area contributed by atoms with Crippen molar-refractivity contribution in [1.82, 2.24) is 4.57 Å². The summed E-state index contributed by atoms with van der Waals surface area (Å²) in [4.78, 5) is 12.6. The van der Waals surface area contributed by atoms with E-state index in [4.69, 9.17) is 10.5 Å². The van der Waals surface area contributed by atoms with Crippen LogP contribution in [0.2, 0.25) is 0 Å². The van der Waals surface area contributed by atoms with E-state index >= 15 is 0 Å². The lowest BCUT2D eigenvalue weighted by Gasteiger charge is -2.17. The van der Waals surface area contributed by atoms with Crippen LogP contribution in [0.1, 0.15) is 13.1 Å². The molecule has 0 amide bonds. The molecule has 0 aliphatic heterocycles. The van der Waals surface area contributed by atoms with Crippen molar-refractivity contribution in [3.05, 3.63) is 64.6 Å². The number of rotatable bonds is 3. The molecule has 0 saturated heterocycles. The van der Waals surface area contributed by atoms with Crippen LogP contribution in [0.25, 0.3) is 21.9 Å². The normalized spacial score (nSPS) is 10.4. The Labute approximate surface area is 136 Å². The topological polar surface area (TPSA) is 57.2 Å². The number of nitrogens with two attached hydrogens (primary N) is 1. The highest BCUT2D eigenvalue weighted by atomic mass is 16.5. The molecular formula is C19H22N2O2. The van der Waals surface area contributed by atoms with E-state index in [-0.39, 0.29) is 13.0 Å². The predicted molar refractivity (Wildman–Crippen MR) is 95.8 cm³/mol. The molecule has 1 aromatic heterocycles. The second kappa shape index (κ2) is 6.67. The van der Waals surface area contributed by atoms with Gasteiger partial charge in [0, 0.05) is 35.6 Å². The van der Waals surface area contributed by atoms with Gasteiger partial charge in [0.1, 0.15) is 5.75 Å². The number of nitrogens with zero attached hydrogens (tertiary/aromatic N) is 1. The minimum absolute atomic E-state index is 0. The Bertz CT molecular complexity index is 883. The van der Waals surface area contributed by atoms with Crippen LogP contribution in [0.5, 0.6) is 5.75 Å². The van der Waals surface area contributed by atoms with Gasteiger partial charge in [0.05, 0.1) is 7.11 Å². The predicted octanol–water partition coefficient (Wildman–Crippen LogP) is 3.31. The zero-order chi connectivity index (χ0) is 15.7. The molecule has 0 aliphatic carbocycles. The van der Waals surface area contributed by atoms with Gasteiger partial charge in [-0.15, -0.1) is 0 Å². The molecule has 0 radical (unpaired) electrons. The fourth-order valence-corrected chi connectivity index (χ4v) is 2.84. The fraction of sp³-hybridized carbons (Fsp3) is 0.211. The molecule has 0 bridgehead atoms. The average molecular weight is 310 g/mol. The van der Waals surface area contributed by atoms with Crippen molar-refractivity contribution >= 4 is 10.8 Å². The molecular weight excluding hydrogens is 288 g/mol. The molecule has 120 valence electrons. The van der Waals surface area contributed by atoms with Gasteiger partial charge >= 0.3 is 0 Å². The lowest BCUT2D eigenvalue weighted by Crippen LogP contribution is -2.23. The van der Waals surface area contributed by atoms with Crippen molar-refractivity contribution in [1.29, 1.82) is 0 Å². The first-order valence-corrected chi connectivity index (χ1v) is 7.12. The van der Waals surface area contributed by atoms with Crippen LogP contribution in [0.15, 0.2) is 53.3 Å². The van der Waals surface area contributed by atoms with E-state index in [0.29, 0.717) is 11.9 Å². The molecule has 2 aromatic carbocycles. The minimum Gasteiger partial charge on any atom is -0.497 e. The molecule has 0 saturated carbocycles. The van der Waals surface area contributed by atoms with Crippen LogP contribution in [0, 0.1) is 0 Å². The van der Waals surface area contributed by atoms with Crippen LogP contribution in [0.4, 0.5) is 0 Å². The zero-order valence-corrected chi connectivity index (χ0v) is 12.7. The Morgan fingerprint density at radius 2 is 1.78 bits per heavy atom. The number of aromatic nitrogens is 1. The highest BCUT2D eigenvalue weighted by Gasteiger charge is 2.15. The molecule has 1 heterocycles. The summed E-state index contributed by atoms with van der Waals surface area (Å²) in [7, 11) is 3.38. The molecule has 0 spiro atoms. The largest absolute Gasteiger partial charge is 0.497 e. The van der Waals surface area contributed by atoms with Gasteiger partial charge in [-0.05, 0) is 23.8 Å². The number of benzene rings is 2. The quantitative estimate of drug-likeness (QED) is 0.807. The maximum absolute atomic E-state index is 12.6. The maximum Gasteiger partial charge on any atom is 0.258 e. The summed E-state index contributed by atoms with van der Waals surface area (Å²) in [6, 6.07) is 15.5.